The van der Waals surface area contributed by atoms with Crippen molar-refractivity contribution in [2.24, 2.45) is 5.92 Å². The number of carbonyl (C=O) groups excluding carboxylic acids is 2. The highest BCUT2D eigenvalue weighted by atomic mass is 32.2. The van der Waals surface area contributed by atoms with Gasteiger partial charge in [0.05, 0.1) is 16.9 Å². The van der Waals surface area contributed by atoms with Gasteiger partial charge in [0.15, 0.2) is 0 Å². The van der Waals surface area contributed by atoms with E-state index in [4.69, 9.17) is 0 Å². The number of hydrogen-bond acceptors (Lipinski definition) is 5. The molecule has 1 aliphatic rings. The molecule has 2 atom stereocenters. The summed E-state index contributed by atoms with van der Waals surface area (Å²) in [6.45, 7) is 1.87. The Hall–Kier alpha value is -2.75. The van der Waals surface area contributed by atoms with Crippen molar-refractivity contribution in [1.29, 1.82) is 0 Å². The molecule has 0 aromatic heterocycles. The summed E-state index contributed by atoms with van der Waals surface area (Å²) in [5.41, 5.74) is 1.22. The van der Waals surface area contributed by atoms with E-state index in [2.05, 4.69) is 10.6 Å². The molecule has 2 aromatic carbocycles. The predicted octanol–water partition coefficient (Wildman–Crippen LogP) is 1.90. The third kappa shape index (κ3) is 5.90. The van der Waals surface area contributed by atoms with Gasteiger partial charge in [-0.15, -0.1) is 0 Å². The Morgan fingerprint density at radius 1 is 1.13 bits per heavy atom. The zero-order valence-corrected chi connectivity index (χ0v) is 18.1. The Balaban J connectivity index is 1.61. The van der Waals surface area contributed by atoms with Crippen LogP contribution in [0.5, 0.6) is 0 Å². The maximum absolute atomic E-state index is 13.0. The van der Waals surface area contributed by atoms with Gasteiger partial charge in [0.25, 0.3) is 0 Å². The van der Waals surface area contributed by atoms with Crippen LogP contribution < -0.4 is 10.6 Å². The first-order chi connectivity index (χ1) is 14.8. The van der Waals surface area contributed by atoms with E-state index in [0.717, 1.165) is 0 Å². The van der Waals surface area contributed by atoms with Gasteiger partial charge in [-0.2, -0.15) is 4.31 Å². The van der Waals surface area contributed by atoms with E-state index in [0.29, 0.717) is 30.6 Å². The van der Waals surface area contributed by atoms with Crippen molar-refractivity contribution in [3.8, 4) is 0 Å². The van der Waals surface area contributed by atoms with Gasteiger partial charge in [0.2, 0.25) is 21.8 Å². The molecule has 8 nitrogen and oxygen atoms in total. The molecule has 1 aliphatic heterocycles. The lowest BCUT2D eigenvalue weighted by atomic mass is 9.98. The lowest BCUT2D eigenvalue weighted by Crippen LogP contribution is -2.46. The van der Waals surface area contributed by atoms with Gasteiger partial charge in [-0.25, -0.2) is 8.42 Å². The van der Waals surface area contributed by atoms with E-state index in [1.807, 2.05) is 18.2 Å². The van der Waals surface area contributed by atoms with E-state index in [1.165, 1.54) is 35.5 Å². The lowest BCUT2D eigenvalue weighted by molar-refractivity contribution is -0.126. The van der Waals surface area contributed by atoms with Gasteiger partial charge in [0, 0.05) is 32.2 Å². The van der Waals surface area contributed by atoms with Crippen molar-refractivity contribution in [3.05, 3.63) is 60.2 Å². The monoisotopic (exact) mass is 445 g/mol. The van der Waals surface area contributed by atoms with Crippen LogP contribution in [0.4, 0.5) is 5.69 Å². The van der Waals surface area contributed by atoms with Crippen LogP contribution in [-0.2, 0) is 19.6 Å². The van der Waals surface area contributed by atoms with Crippen molar-refractivity contribution in [3.63, 3.8) is 0 Å². The predicted molar refractivity (Wildman–Crippen MR) is 117 cm³/mol. The summed E-state index contributed by atoms with van der Waals surface area (Å²) < 4.78 is 27.3. The number of aliphatic hydroxyl groups excluding tert-OH is 1. The molecule has 0 spiro atoms. The molecule has 1 heterocycles. The number of benzene rings is 2. The third-order valence-corrected chi connectivity index (χ3v) is 7.10. The quantitative estimate of drug-likeness (QED) is 0.602. The molecular formula is C22H27N3O5S. The van der Waals surface area contributed by atoms with Gasteiger partial charge in [-0.1, -0.05) is 30.3 Å². The fourth-order valence-corrected chi connectivity index (χ4v) is 5.10. The smallest absolute Gasteiger partial charge is 0.243 e. The molecule has 1 fully saturated rings. The molecule has 3 rings (SSSR count). The number of amides is 2. The molecule has 0 aliphatic carbocycles. The van der Waals surface area contributed by atoms with Crippen LogP contribution in [0.2, 0.25) is 0 Å². The first-order valence-electron chi connectivity index (χ1n) is 10.2. The highest BCUT2D eigenvalue weighted by Gasteiger charge is 2.33. The standard InChI is InChI=1S/C22H27N3O5S/c1-16(26)24-19-9-11-20(12-10-19)31(29,30)25-13-5-8-18(15-25)22(28)23-14-21(27)17-6-3-2-4-7-17/h2-4,6-7,9-12,18,21,27H,5,8,13-15H2,1H3,(H,23,28)(H,24,26). The number of piperidine rings is 1. The summed E-state index contributed by atoms with van der Waals surface area (Å²) in [5.74, 6) is -0.987. The van der Waals surface area contributed by atoms with Crippen LogP contribution in [0.15, 0.2) is 59.5 Å². The minimum absolute atomic E-state index is 0.0662. The molecule has 2 aromatic rings. The largest absolute Gasteiger partial charge is 0.387 e. The summed E-state index contributed by atoms with van der Waals surface area (Å²) >= 11 is 0. The molecular weight excluding hydrogens is 418 g/mol. The lowest BCUT2D eigenvalue weighted by Gasteiger charge is -2.31. The molecule has 0 saturated carbocycles. The summed E-state index contributed by atoms with van der Waals surface area (Å²) in [4.78, 5) is 23.8. The minimum atomic E-state index is -3.76. The van der Waals surface area contributed by atoms with Crippen LogP contribution in [0, 0.1) is 5.92 Å². The first-order valence-corrected chi connectivity index (χ1v) is 11.6. The maximum Gasteiger partial charge on any atom is 0.243 e. The number of rotatable bonds is 7. The molecule has 31 heavy (non-hydrogen) atoms. The topological polar surface area (TPSA) is 116 Å². The molecule has 2 amide bonds. The van der Waals surface area contributed by atoms with Gasteiger partial charge in [-0.3, -0.25) is 9.59 Å². The van der Waals surface area contributed by atoms with Gasteiger partial charge < -0.3 is 15.7 Å². The average Bonchev–Trinajstić information content (AvgIpc) is 2.78. The Bertz CT molecular complexity index is 1010. The summed E-state index contributed by atoms with van der Waals surface area (Å²) in [7, 11) is -3.76. The number of anilines is 1. The summed E-state index contributed by atoms with van der Waals surface area (Å²) in [6, 6.07) is 15.0. The first kappa shape index (κ1) is 22.9. The number of hydrogen-bond donors (Lipinski definition) is 3. The van der Waals surface area contributed by atoms with E-state index >= 15 is 0 Å². The van der Waals surface area contributed by atoms with Gasteiger partial charge in [0.1, 0.15) is 0 Å². The Morgan fingerprint density at radius 3 is 2.45 bits per heavy atom. The van der Waals surface area contributed by atoms with Crippen molar-refractivity contribution >= 4 is 27.5 Å². The SMILES string of the molecule is CC(=O)Nc1ccc(S(=O)(=O)N2CCCC(C(=O)NCC(O)c3ccccc3)C2)cc1. The van der Waals surface area contributed by atoms with E-state index < -0.39 is 22.0 Å². The molecule has 0 radical (unpaired) electrons. The van der Waals surface area contributed by atoms with Crippen molar-refractivity contribution in [1.82, 2.24) is 9.62 Å². The van der Waals surface area contributed by atoms with E-state index in [-0.39, 0.29) is 29.8 Å². The highest BCUT2D eigenvalue weighted by Crippen LogP contribution is 2.25. The fraction of sp³-hybridized carbons (Fsp3) is 0.364. The summed E-state index contributed by atoms with van der Waals surface area (Å²) in [6.07, 6.45) is 0.333. The average molecular weight is 446 g/mol. The normalized spacial score (nSPS) is 18.2. The van der Waals surface area contributed by atoms with Crippen molar-refractivity contribution < 1.29 is 23.1 Å². The number of aliphatic hydroxyl groups is 1. The molecule has 166 valence electrons. The fourth-order valence-electron chi connectivity index (χ4n) is 3.57. The van der Waals surface area contributed by atoms with Crippen LogP contribution in [0.1, 0.15) is 31.4 Å². The van der Waals surface area contributed by atoms with Gasteiger partial charge in [-0.05, 0) is 42.7 Å². The third-order valence-electron chi connectivity index (χ3n) is 5.22. The molecule has 0 bridgehead atoms. The number of sulfonamides is 1. The van der Waals surface area contributed by atoms with Crippen LogP contribution in [0.3, 0.4) is 0 Å². The van der Waals surface area contributed by atoms with Crippen LogP contribution >= 0.6 is 0 Å². The molecule has 2 unspecified atom stereocenters. The van der Waals surface area contributed by atoms with Crippen molar-refractivity contribution in [2.75, 3.05) is 25.0 Å². The number of nitrogens with zero attached hydrogens (tertiary/aromatic N) is 1. The Kier molecular flexibility index (Phi) is 7.42. The number of nitrogens with one attached hydrogen (secondary N) is 2. The second-order valence-electron chi connectivity index (χ2n) is 7.58. The Labute approximate surface area is 182 Å². The molecule has 1 saturated heterocycles. The second kappa shape index (κ2) is 10.0. The second-order valence-corrected chi connectivity index (χ2v) is 9.52. The summed E-state index contributed by atoms with van der Waals surface area (Å²) in [5, 5.41) is 15.6. The highest BCUT2D eigenvalue weighted by molar-refractivity contribution is 7.89. The maximum atomic E-state index is 13.0. The zero-order chi connectivity index (χ0) is 22.4. The Morgan fingerprint density at radius 2 is 1.81 bits per heavy atom. The van der Waals surface area contributed by atoms with Crippen molar-refractivity contribution in [2.45, 2.75) is 30.8 Å². The molecule has 9 heteroatoms. The van der Waals surface area contributed by atoms with E-state index in [1.54, 1.807) is 12.1 Å². The minimum Gasteiger partial charge on any atom is -0.387 e. The molecule has 3 N–H and O–H groups in total. The van der Waals surface area contributed by atoms with Crippen LogP contribution in [-0.4, -0.2) is 49.3 Å². The van der Waals surface area contributed by atoms with Crippen LogP contribution in [0.25, 0.3) is 0 Å². The number of carbonyl (C=O) groups is 2. The van der Waals surface area contributed by atoms with Gasteiger partial charge >= 0.3 is 0 Å². The van der Waals surface area contributed by atoms with E-state index in [9.17, 15) is 23.1 Å². The zero-order valence-electron chi connectivity index (χ0n) is 17.3.